The first-order chi connectivity index (χ1) is 12.5. The third-order valence-corrected chi connectivity index (χ3v) is 3.57. The molecular formula is C19H22ClN3O2S. The highest BCUT2D eigenvalue weighted by molar-refractivity contribution is 7.80. The third-order valence-electron chi connectivity index (χ3n) is 3.10. The normalized spacial score (nSPS) is 10.8. The first-order valence-electron chi connectivity index (χ1n) is 8.27. The Bertz CT molecular complexity index is 767. The van der Waals surface area contributed by atoms with E-state index in [1.54, 1.807) is 12.3 Å². The second-order valence-electron chi connectivity index (χ2n) is 5.62. The van der Waals surface area contributed by atoms with Crippen molar-refractivity contribution in [2.45, 2.75) is 26.9 Å². The number of nitrogens with zero attached hydrogens (tertiary/aromatic N) is 1. The Hall–Kier alpha value is -2.31. The van der Waals surface area contributed by atoms with Crippen LogP contribution in [-0.2, 0) is 0 Å². The molecule has 0 unspecified atom stereocenters. The van der Waals surface area contributed by atoms with Gasteiger partial charge < -0.3 is 14.8 Å². The fraction of sp³-hybridized carbons (Fsp3) is 0.263. The Balaban J connectivity index is 2.06. The van der Waals surface area contributed by atoms with Crippen LogP contribution in [-0.4, -0.2) is 24.0 Å². The molecule has 2 aromatic carbocycles. The molecular weight excluding hydrogens is 370 g/mol. The van der Waals surface area contributed by atoms with Crippen LogP contribution >= 0.6 is 23.8 Å². The molecule has 0 aliphatic rings. The van der Waals surface area contributed by atoms with Crippen molar-refractivity contribution in [3.8, 4) is 11.5 Å². The monoisotopic (exact) mass is 391 g/mol. The van der Waals surface area contributed by atoms with E-state index in [-0.39, 0.29) is 6.10 Å². The molecule has 26 heavy (non-hydrogen) atoms. The van der Waals surface area contributed by atoms with Gasteiger partial charge in [0, 0.05) is 5.69 Å². The zero-order valence-electron chi connectivity index (χ0n) is 15.0. The number of para-hydroxylation sites is 1. The molecule has 2 rings (SSSR count). The predicted octanol–water partition coefficient (Wildman–Crippen LogP) is 4.85. The van der Waals surface area contributed by atoms with Crippen LogP contribution in [0.2, 0.25) is 5.02 Å². The quantitative estimate of drug-likeness (QED) is 0.401. The average molecular weight is 392 g/mol. The summed E-state index contributed by atoms with van der Waals surface area (Å²) >= 11 is 11.5. The number of nitrogens with one attached hydrogen (secondary N) is 2. The second kappa shape index (κ2) is 9.99. The second-order valence-corrected chi connectivity index (χ2v) is 6.44. The smallest absolute Gasteiger partial charge is 0.191 e. The zero-order chi connectivity index (χ0) is 18.9. The molecule has 0 radical (unpaired) electrons. The number of rotatable bonds is 7. The standard InChI is InChI=1S/C19H22ClN3O2S/c1-4-24-17-11-14(10-16(20)18(17)25-13(2)3)12-21-23-19(26)22-15-8-6-5-7-9-15/h5-13H,4H2,1-3H3,(H2,22,23,26)/b21-12+. The van der Waals surface area contributed by atoms with Gasteiger partial charge in [0.2, 0.25) is 0 Å². The van der Waals surface area contributed by atoms with Crippen molar-refractivity contribution < 1.29 is 9.47 Å². The summed E-state index contributed by atoms with van der Waals surface area (Å²) in [7, 11) is 0. The predicted molar refractivity (Wildman–Crippen MR) is 112 cm³/mol. The molecule has 2 N–H and O–H groups in total. The minimum absolute atomic E-state index is 0.00526. The molecule has 0 amide bonds. The van der Waals surface area contributed by atoms with Gasteiger partial charge in [-0.3, -0.25) is 5.43 Å². The lowest BCUT2D eigenvalue weighted by Crippen LogP contribution is -2.23. The van der Waals surface area contributed by atoms with Crippen LogP contribution in [0.1, 0.15) is 26.3 Å². The maximum Gasteiger partial charge on any atom is 0.191 e. The molecule has 2 aromatic rings. The summed E-state index contributed by atoms with van der Waals surface area (Å²) in [5, 5.41) is 8.04. The number of thiocarbonyl (C=S) groups is 1. The molecule has 138 valence electrons. The molecule has 0 aliphatic carbocycles. The summed E-state index contributed by atoms with van der Waals surface area (Å²) in [6.07, 6.45) is 1.61. The van der Waals surface area contributed by atoms with Crippen LogP contribution in [0.3, 0.4) is 0 Å². The van der Waals surface area contributed by atoms with E-state index in [0.717, 1.165) is 11.3 Å². The Morgan fingerprint density at radius 2 is 2.00 bits per heavy atom. The van der Waals surface area contributed by atoms with E-state index in [1.165, 1.54) is 0 Å². The molecule has 0 bridgehead atoms. The van der Waals surface area contributed by atoms with Crippen molar-refractivity contribution in [1.82, 2.24) is 5.43 Å². The SMILES string of the molecule is CCOc1cc(/C=N/NC(=S)Nc2ccccc2)cc(Cl)c1OC(C)C. The van der Waals surface area contributed by atoms with Crippen LogP contribution in [0.4, 0.5) is 5.69 Å². The Morgan fingerprint density at radius 1 is 1.27 bits per heavy atom. The van der Waals surface area contributed by atoms with Crippen LogP contribution in [0.15, 0.2) is 47.6 Å². The van der Waals surface area contributed by atoms with Crippen molar-refractivity contribution in [2.24, 2.45) is 5.10 Å². The molecule has 0 aromatic heterocycles. The fourth-order valence-electron chi connectivity index (χ4n) is 2.12. The lowest BCUT2D eigenvalue weighted by molar-refractivity contribution is 0.224. The summed E-state index contributed by atoms with van der Waals surface area (Å²) in [4.78, 5) is 0. The molecule has 0 heterocycles. The summed E-state index contributed by atoms with van der Waals surface area (Å²) in [5.41, 5.74) is 4.43. The molecule has 0 aliphatic heterocycles. The Morgan fingerprint density at radius 3 is 2.65 bits per heavy atom. The molecule has 7 heteroatoms. The van der Waals surface area contributed by atoms with Gasteiger partial charge in [0.1, 0.15) is 0 Å². The van der Waals surface area contributed by atoms with Crippen molar-refractivity contribution >= 4 is 40.8 Å². The summed E-state index contributed by atoms with van der Waals surface area (Å²) in [6.45, 7) is 6.29. The van der Waals surface area contributed by atoms with Crippen molar-refractivity contribution in [3.05, 3.63) is 53.1 Å². The van der Waals surface area contributed by atoms with Crippen molar-refractivity contribution in [2.75, 3.05) is 11.9 Å². The van der Waals surface area contributed by atoms with E-state index in [9.17, 15) is 0 Å². The van der Waals surface area contributed by atoms with E-state index in [4.69, 9.17) is 33.3 Å². The van der Waals surface area contributed by atoms with Crippen molar-refractivity contribution in [1.29, 1.82) is 0 Å². The van der Waals surface area contributed by atoms with Gasteiger partial charge in [-0.1, -0.05) is 29.8 Å². The van der Waals surface area contributed by atoms with E-state index in [0.29, 0.717) is 28.2 Å². The number of halogens is 1. The lowest BCUT2D eigenvalue weighted by Gasteiger charge is -2.16. The topological polar surface area (TPSA) is 54.9 Å². The number of anilines is 1. The molecule has 0 fully saturated rings. The van der Waals surface area contributed by atoms with E-state index in [1.807, 2.05) is 57.2 Å². The molecule has 0 saturated heterocycles. The third kappa shape index (κ3) is 6.20. The highest BCUT2D eigenvalue weighted by atomic mass is 35.5. The average Bonchev–Trinajstić information content (AvgIpc) is 2.59. The van der Waals surface area contributed by atoms with Crippen LogP contribution in [0.25, 0.3) is 0 Å². The number of ether oxygens (including phenoxy) is 2. The van der Waals surface area contributed by atoms with Gasteiger partial charge in [0.25, 0.3) is 0 Å². The minimum Gasteiger partial charge on any atom is -0.490 e. The van der Waals surface area contributed by atoms with E-state index in [2.05, 4.69) is 15.8 Å². The summed E-state index contributed by atoms with van der Waals surface area (Å²) < 4.78 is 11.4. The van der Waals surface area contributed by atoms with Crippen LogP contribution in [0, 0.1) is 0 Å². The van der Waals surface area contributed by atoms with Gasteiger partial charge in [-0.2, -0.15) is 5.10 Å². The maximum absolute atomic E-state index is 6.34. The van der Waals surface area contributed by atoms with Gasteiger partial charge in [-0.25, -0.2) is 0 Å². The highest BCUT2D eigenvalue weighted by Crippen LogP contribution is 2.37. The van der Waals surface area contributed by atoms with Gasteiger partial charge in [0.05, 0.1) is 23.9 Å². The van der Waals surface area contributed by atoms with Gasteiger partial charge in [-0.15, -0.1) is 0 Å². The first kappa shape index (κ1) is 20.0. The maximum atomic E-state index is 6.34. The minimum atomic E-state index is -0.00526. The zero-order valence-corrected chi connectivity index (χ0v) is 16.5. The van der Waals surface area contributed by atoms with E-state index >= 15 is 0 Å². The Labute approximate surface area is 164 Å². The van der Waals surface area contributed by atoms with Crippen LogP contribution in [0.5, 0.6) is 11.5 Å². The summed E-state index contributed by atoms with van der Waals surface area (Å²) in [6, 6.07) is 13.2. The molecule has 0 atom stereocenters. The molecule has 5 nitrogen and oxygen atoms in total. The number of hydrogen-bond donors (Lipinski definition) is 2. The van der Waals surface area contributed by atoms with Gasteiger partial charge >= 0.3 is 0 Å². The molecule has 0 spiro atoms. The van der Waals surface area contributed by atoms with E-state index < -0.39 is 0 Å². The lowest BCUT2D eigenvalue weighted by atomic mass is 10.2. The number of benzene rings is 2. The number of hydrazone groups is 1. The molecule has 0 saturated carbocycles. The fourth-order valence-corrected chi connectivity index (χ4v) is 2.56. The first-order valence-corrected chi connectivity index (χ1v) is 9.06. The van der Waals surface area contributed by atoms with Gasteiger partial charge in [-0.05, 0) is 62.8 Å². The van der Waals surface area contributed by atoms with Gasteiger partial charge in [0.15, 0.2) is 16.6 Å². The Kier molecular flexibility index (Phi) is 7.69. The largest absolute Gasteiger partial charge is 0.490 e. The van der Waals surface area contributed by atoms with Crippen LogP contribution < -0.4 is 20.2 Å². The summed E-state index contributed by atoms with van der Waals surface area (Å²) in [5.74, 6) is 1.12. The van der Waals surface area contributed by atoms with Crippen molar-refractivity contribution in [3.63, 3.8) is 0 Å². The number of hydrogen-bond acceptors (Lipinski definition) is 4. The highest BCUT2D eigenvalue weighted by Gasteiger charge is 2.13.